The van der Waals surface area contributed by atoms with Crippen LogP contribution in [0.5, 0.6) is 5.75 Å². The third-order valence-electron chi connectivity index (χ3n) is 7.60. The molecule has 3 aromatic rings. The highest BCUT2D eigenvalue weighted by Gasteiger charge is 2.38. The van der Waals surface area contributed by atoms with Crippen LogP contribution in [0.4, 0.5) is 0 Å². The van der Waals surface area contributed by atoms with E-state index in [0.717, 1.165) is 62.4 Å². The molecule has 0 radical (unpaired) electrons. The maximum atomic E-state index is 13.4. The van der Waals surface area contributed by atoms with Gasteiger partial charge in [0.25, 0.3) is 0 Å². The van der Waals surface area contributed by atoms with E-state index in [0.29, 0.717) is 19.6 Å². The van der Waals surface area contributed by atoms with E-state index >= 15 is 0 Å². The molecule has 0 bridgehead atoms. The highest BCUT2D eigenvalue weighted by atomic mass is 16.5. The molecule has 0 saturated carbocycles. The first-order valence-electron chi connectivity index (χ1n) is 13.7. The first kappa shape index (κ1) is 26.9. The van der Waals surface area contributed by atoms with E-state index < -0.39 is 0 Å². The summed E-state index contributed by atoms with van der Waals surface area (Å²) in [5, 5.41) is 4.72. The number of amides is 1. The van der Waals surface area contributed by atoms with E-state index in [9.17, 15) is 4.79 Å². The number of hydrogen-bond donors (Lipinski definition) is 0. The summed E-state index contributed by atoms with van der Waals surface area (Å²) < 4.78 is 8.35. The van der Waals surface area contributed by atoms with Crippen molar-refractivity contribution >= 4 is 5.91 Å². The summed E-state index contributed by atoms with van der Waals surface area (Å²) in [6.07, 6.45) is 6.92. The normalized spacial score (nSPS) is 15.4. The molecular formula is C31H42N4O2. The van der Waals surface area contributed by atoms with Crippen LogP contribution >= 0.6 is 0 Å². The number of ether oxygens (including phenoxy) is 1. The Hall–Kier alpha value is -3.12. The van der Waals surface area contributed by atoms with Gasteiger partial charge in [-0.3, -0.25) is 14.4 Å². The molecular weight excluding hydrogens is 460 g/mol. The molecule has 0 N–H and O–H groups in total. The fraction of sp³-hybridized carbons (Fsp3) is 0.484. The average Bonchev–Trinajstić information content (AvgIpc) is 3.27. The zero-order chi connectivity index (χ0) is 26.1. The van der Waals surface area contributed by atoms with Gasteiger partial charge >= 0.3 is 0 Å². The van der Waals surface area contributed by atoms with Crippen LogP contribution in [0.3, 0.4) is 0 Å². The van der Waals surface area contributed by atoms with Crippen molar-refractivity contribution in [2.75, 3.05) is 26.7 Å². The third kappa shape index (κ3) is 7.68. The minimum absolute atomic E-state index is 0.172. The Morgan fingerprint density at radius 1 is 1.05 bits per heavy atom. The van der Waals surface area contributed by atoms with Crippen LogP contribution in [0.2, 0.25) is 0 Å². The van der Waals surface area contributed by atoms with Crippen molar-refractivity contribution in [1.82, 2.24) is 19.6 Å². The molecule has 1 aromatic heterocycles. The van der Waals surface area contributed by atoms with E-state index in [4.69, 9.17) is 9.84 Å². The number of unbranched alkanes of at least 4 members (excludes halogenated alkanes) is 1. The van der Waals surface area contributed by atoms with Gasteiger partial charge in [0.05, 0.1) is 12.3 Å². The van der Waals surface area contributed by atoms with Gasteiger partial charge in [-0.1, -0.05) is 61.9 Å². The second-order valence-electron chi connectivity index (χ2n) is 10.6. The van der Waals surface area contributed by atoms with Crippen LogP contribution in [0.1, 0.15) is 55.8 Å². The summed E-state index contributed by atoms with van der Waals surface area (Å²) in [7, 11) is 1.91. The van der Waals surface area contributed by atoms with Crippen molar-refractivity contribution in [3.8, 4) is 5.75 Å². The van der Waals surface area contributed by atoms with Gasteiger partial charge in [0, 0.05) is 50.3 Å². The SMILES string of the molecule is CCCCn1cc(CN2CCC(COc3ccccc3)(CC(=O)N(C)Cc3ccccc3)CC2)c(C)n1. The second-order valence-corrected chi connectivity index (χ2v) is 10.6. The van der Waals surface area contributed by atoms with Crippen LogP contribution in [0.15, 0.2) is 66.9 Å². The van der Waals surface area contributed by atoms with Crippen molar-refractivity contribution in [3.05, 3.63) is 83.7 Å². The lowest BCUT2D eigenvalue weighted by atomic mass is 9.75. The Kier molecular flexibility index (Phi) is 9.40. The molecule has 0 atom stereocenters. The molecule has 1 saturated heterocycles. The van der Waals surface area contributed by atoms with Crippen molar-refractivity contribution in [2.45, 2.75) is 65.6 Å². The van der Waals surface area contributed by atoms with Gasteiger partial charge in [-0.15, -0.1) is 0 Å². The van der Waals surface area contributed by atoms with Crippen LogP contribution in [-0.4, -0.2) is 52.2 Å². The molecule has 198 valence electrons. The first-order valence-corrected chi connectivity index (χ1v) is 13.7. The topological polar surface area (TPSA) is 50.6 Å². The number of hydrogen-bond acceptors (Lipinski definition) is 4. The minimum atomic E-state index is -0.172. The molecule has 1 amide bonds. The molecule has 1 aliphatic heterocycles. The molecule has 0 unspecified atom stereocenters. The van der Waals surface area contributed by atoms with Gasteiger partial charge in [0.15, 0.2) is 0 Å². The summed E-state index contributed by atoms with van der Waals surface area (Å²) in [6, 6.07) is 20.2. The molecule has 6 heteroatoms. The maximum absolute atomic E-state index is 13.4. The quantitative estimate of drug-likeness (QED) is 0.319. The molecule has 1 fully saturated rings. The number of para-hydroxylation sites is 1. The lowest BCUT2D eigenvalue weighted by Crippen LogP contribution is -2.45. The Morgan fingerprint density at radius 2 is 1.73 bits per heavy atom. The summed E-state index contributed by atoms with van der Waals surface area (Å²) in [4.78, 5) is 17.8. The van der Waals surface area contributed by atoms with Gasteiger partial charge in [0.2, 0.25) is 5.91 Å². The van der Waals surface area contributed by atoms with Crippen LogP contribution in [-0.2, 0) is 24.4 Å². The number of carbonyl (C=O) groups is 1. The van der Waals surface area contributed by atoms with Crippen molar-refractivity contribution < 1.29 is 9.53 Å². The average molecular weight is 503 g/mol. The van der Waals surface area contributed by atoms with E-state index in [2.05, 4.69) is 41.8 Å². The number of rotatable bonds is 12. The lowest BCUT2D eigenvalue weighted by Gasteiger charge is -2.42. The van der Waals surface area contributed by atoms with Gasteiger partial charge in [0.1, 0.15) is 5.75 Å². The van der Waals surface area contributed by atoms with E-state index in [1.165, 1.54) is 12.0 Å². The minimum Gasteiger partial charge on any atom is -0.493 e. The maximum Gasteiger partial charge on any atom is 0.223 e. The molecule has 2 aromatic carbocycles. The second kappa shape index (κ2) is 12.9. The van der Waals surface area contributed by atoms with Gasteiger partial charge in [-0.25, -0.2) is 0 Å². The fourth-order valence-electron chi connectivity index (χ4n) is 5.10. The molecule has 4 rings (SSSR count). The first-order chi connectivity index (χ1) is 18.0. The highest BCUT2D eigenvalue weighted by Crippen LogP contribution is 2.37. The summed E-state index contributed by atoms with van der Waals surface area (Å²) in [6.45, 7) is 9.31. The number of likely N-dealkylation sites (tertiary alicyclic amines) is 1. The number of aromatic nitrogens is 2. The lowest BCUT2D eigenvalue weighted by molar-refractivity contribution is -0.134. The summed E-state index contributed by atoms with van der Waals surface area (Å²) in [5.74, 6) is 1.05. The molecule has 0 spiro atoms. The van der Waals surface area contributed by atoms with Crippen molar-refractivity contribution in [2.24, 2.45) is 5.41 Å². The molecule has 1 aliphatic rings. The monoisotopic (exact) mass is 502 g/mol. The predicted molar refractivity (Wildman–Crippen MR) is 148 cm³/mol. The van der Waals surface area contributed by atoms with Gasteiger partial charge in [-0.2, -0.15) is 5.10 Å². The Bertz CT molecular complexity index is 1100. The summed E-state index contributed by atoms with van der Waals surface area (Å²) >= 11 is 0. The van der Waals surface area contributed by atoms with E-state index in [1.54, 1.807) is 0 Å². The molecule has 2 heterocycles. The van der Waals surface area contributed by atoms with E-state index in [-0.39, 0.29) is 11.3 Å². The van der Waals surface area contributed by atoms with Gasteiger partial charge < -0.3 is 9.64 Å². The van der Waals surface area contributed by atoms with Crippen LogP contribution in [0, 0.1) is 12.3 Å². The zero-order valence-electron chi connectivity index (χ0n) is 22.7. The molecule has 0 aliphatic carbocycles. The van der Waals surface area contributed by atoms with Crippen LogP contribution < -0.4 is 4.74 Å². The number of aryl methyl sites for hydroxylation is 2. The Morgan fingerprint density at radius 3 is 2.41 bits per heavy atom. The standard InChI is InChI=1S/C31H42N4O2/c1-4-5-18-35-24-28(26(2)32-35)23-34-19-16-31(17-20-34,25-37-29-14-10-7-11-15-29)21-30(36)33(3)22-27-12-8-6-9-13-27/h6-15,24H,4-5,16-23,25H2,1-3H3. The van der Waals surface area contributed by atoms with Gasteiger partial charge in [-0.05, 0) is 57.0 Å². The highest BCUT2D eigenvalue weighted by molar-refractivity contribution is 5.76. The summed E-state index contributed by atoms with van der Waals surface area (Å²) in [5.41, 5.74) is 3.41. The number of nitrogens with zero attached hydrogens (tertiary/aromatic N) is 4. The largest absolute Gasteiger partial charge is 0.493 e. The molecule has 37 heavy (non-hydrogen) atoms. The van der Waals surface area contributed by atoms with Crippen LogP contribution in [0.25, 0.3) is 0 Å². The molecule has 6 nitrogen and oxygen atoms in total. The Labute approximate surface area is 222 Å². The smallest absolute Gasteiger partial charge is 0.223 e. The number of piperidine rings is 1. The van der Waals surface area contributed by atoms with Crippen molar-refractivity contribution in [1.29, 1.82) is 0 Å². The third-order valence-corrected chi connectivity index (χ3v) is 7.60. The van der Waals surface area contributed by atoms with E-state index in [1.807, 2.05) is 60.5 Å². The fourth-order valence-corrected chi connectivity index (χ4v) is 5.10. The zero-order valence-corrected chi connectivity index (χ0v) is 22.7. The number of carbonyl (C=O) groups excluding carboxylic acids is 1. The predicted octanol–water partition coefficient (Wildman–Crippen LogP) is 5.70. The number of benzene rings is 2. The Balaban J connectivity index is 1.40. The van der Waals surface area contributed by atoms with Crippen molar-refractivity contribution in [3.63, 3.8) is 0 Å².